The van der Waals surface area contributed by atoms with Crippen LogP contribution in [0.2, 0.25) is 0 Å². The van der Waals surface area contributed by atoms with Gasteiger partial charge in [-0.25, -0.2) is 0 Å². The average Bonchev–Trinajstić information content (AvgIpc) is 3.40. The van der Waals surface area contributed by atoms with Gasteiger partial charge in [0.1, 0.15) is 6.10 Å². The summed E-state index contributed by atoms with van der Waals surface area (Å²) in [5.74, 6) is 6.10. The Morgan fingerprint density at radius 1 is 0.966 bits per heavy atom. The van der Waals surface area contributed by atoms with Crippen LogP contribution >= 0.6 is 0 Å². The molecule has 9 unspecified atom stereocenters. The lowest BCUT2D eigenvalue weighted by atomic mass is 9.44. The molecule has 0 aromatic carbocycles. The van der Waals surface area contributed by atoms with Crippen LogP contribution in [0.3, 0.4) is 0 Å². The fourth-order valence-corrected chi connectivity index (χ4v) is 9.65. The Kier molecular flexibility index (Phi) is 5.18. The molecule has 29 heavy (non-hydrogen) atoms. The molecule has 0 spiro atoms. The van der Waals surface area contributed by atoms with E-state index in [2.05, 4.69) is 34.6 Å². The summed E-state index contributed by atoms with van der Waals surface area (Å²) in [6.45, 7) is 12.6. The number of fused-ring (bicyclic) bond motifs is 7. The first-order valence-electron chi connectivity index (χ1n) is 13.1. The van der Waals surface area contributed by atoms with Crippen molar-refractivity contribution in [2.45, 2.75) is 117 Å². The monoisotopic (exact) mass is 402 g/mol. The molecule has 0 aromatic rings. The van der Waals surface area contributed by atoms with Gasteiger partial charge in [-0.05, 0) is 91.8 Å². The van der Waals surface area contributed by atoms with Gasteiger partial charge in [-0.15, -0.1) is 0 Å². The minimum atomic E-state index is -0.189. The van der Waals surface area contributed by atoms with E-state index in [4.69, 9.17) is 4.74 Å². The summed E-state index contributed by atoms with van der Waals surface area (Å²) in [6.07, 6.45) is 14.2. The predicted molar refractivity (Wildman–Crippen MR) is 119 cm³/mol. The summed E-state index contributed by atoms with van der Waals surface area (Å²) in [4.78, 5) is 0. The lowest BCUT2D eigenvalue weighted by Crippen LogP contribution is -2.57. The van der Waals surface area contributed by atoms with Crippen LogP contribution in [0.4, 0.5) is 0 Å². The highest BCUT2D eigenvalue weighted by atomic mass is 16.6. The van der Waals surface area contributed by atoms with Crippen molar-refractivity contribution in [3.63, 3.8) is 0 Å². The fourth-order valence-electron chi connectivity index (χ4n) is 9.65. The van der Waals surface area contributed by atoms with Gasteiger partial charge in [0.05, 0.1) is 12.2 Å². The minimum absolute atomic E-state index is 0.167. The van der Waals surface area contributed by atoms with Crippen LogP contribution in [-0.2, 0) is 4.74 Å². The molecule has 0 bridgehead atoms. The maximum Gasteiger partial charge on any atom is 0.111 e. The minimum Gasteiger partial charge on any atom is -0.390 e. The molecular weight excluding hydrogens is 356 g/mol. The fraction of sp³-hybridized carbons (Fsp3) is 1.00. The molecule has 166 valence electrons. The zero-order chi connectivity index (χ0) is 20.6. The SMILES string of the molecule is CC(C)CCC[C@@H](C)C1CCC2C3CC[C@H]4CC(O)C5OC5C4(C)C3CCC21C. The van der Waals surface area contributed by atoms with Crippen molar-refractivity contribution in [3.05, 3.63) is 0 Å². The molecule has 1 N–H and O–H groups in total. The quantitative estimate of drug-likeness (QED) is 0.536. The molecule has 4 saturated carbocycles. The van der Waals surface area contributed by atoms with Crippen molar-refractivity contribution in [1.82, 2.24) is 0 Å². The molecule has 4 aliphatic carbocycles. The van der Waals surface area contributed by atoms with E-state index in [9.17, 15) is 5.11 Å². The standard InChI is InChI=1S/C27H46O2/c1-16(2)7-6-8-17(3)20-11-12-21-19-10-9-18-15-23(28)24-25(29-24)27(18,5)22(19)13-14-26(20,21)4/h16-25,28H,6-15H2,1-5H3/t17-,18+,19?,20?,21?,22?,23?,24?,25?,26?,27?/m1/s1. The van der Waals surface area contributed by atoms with Crippen LogP contribution in [0.5, 0.6) is 0 Å². The van der Waals surface area contributed by atoms with Gasteiger partial charge in [0, 0.05) is 5.41 Å². The number of ether oxygens (including phenoxy) is 1. The van der Waals surface area contributed by atoms with Crippen molar-refractivity contribution in [1.29, 1.82) is 0 Å². The van der Waals surface area contributed by atoms with Gasteiger partial charge in [-0.3, -0.25) is 0 Å². The summed E-state index contributed by atoms with van der Waals surface area (Å²) >= 11 is 0. The molecule has 5 rings (SSSR count). The van der Waals surface area contributed by atoms with E-state index in [0.717, 1.165) is 41.9 Å². The smallest absolute Gasteiger partial charge is 0.111 e. The molecule has 2 nitrogen and oxygen atoms in total. The van der Waals surface area contributed by atoms with Crippen LogP contribution in [0.15, 0.2) is 0 Å². The molecule has 5 fully saturated rings. The van der Waals surface area contributed by atoms with E-state index < -0.39 is 0 Å². The highest BCUT2D eigenvalue weighted by molar-refractivity contribution is 5.17. The highest BCUT2D eigenvalue weighted by Crippen LogP contribution is 2.70. The Labute approximate surface area is 179 Å². The van der Waals surface area contributed by atoms with Crippen molar-refractivity contribution in [2.75, 3.05) is 0 Å². The zero-order valence-electron chi connectivity index (χ0n) is 19.7. The van der Waals surface area contributed by atoms with Gasteiger partial charge in [0.15, 0.2) is 0 Å². The first kappa shape index (κ1) is 20.8. The molecular formula is C27H46O2. The zero-order valence-corrected chi connectivity index (χ0v) is 19.7. The third-order valence-corrected chi connectivity index (χ3v) is 11.2. The van der Waals surface area contributed by atoms with Gasteiger partial charge >= 0.3 is 0 Å². The number of aliphatic hydroxyl groups is 1. The second-order valence-electron chi connectivity index (χ2n) is 12.9. The van der Waals surface area contributed by atoms with Gasteiger partial charge < -0.3 is 9.84 Å². The van der Waals surface area contributed by atoms with Crippen molar-refractivity contribution in [2.24, 2.45) is 52.3 Å². The molecule has 11 atom stereocenters. The maximum absolute atomic E-state index is 10.4. The third kappa shape index (κ3) is 3.09. The Bertz CT molecular complexity index is 616. The molecule has 0 aromatic heterocycles. The Balaban J connectivity index is 1.31. The van der Waals surface area contributed by atoms with Crippen LogP contribution in [0.1, 0.15) is 98.8 Å². The van der Waals surface area contributed by atoms with E-state index in [1.54, 1.807) is 0 Å². The molecule has 1 aliphatic heterocycles. The van der Waals surface area contributed by atoms with Crippen LogP contribution in [-0.4, -0.2) is 23.4 Å². The average molecular weight is 403 g/mol. The number of hydrogen-bond donors (Lipinski definition) is 1. The van der Waals surface area contributed by atoms with E-state index in [-0.39, 0.29) is 12.2 Å². The summed E-state index contributed by atoms with van der Waals surface area (Å²) in [7, 11) is 0. The first-order valence-corrected chi connectivity index (χ1v) is 13.1. The number of epoxide rings is 1. The summed E-state index contributed by atoms with van der Waals surface area (Å²) < 4.78 is 6.12. The third-order valence-electron chi connectivity index (χ3n) is 11.2. The Morgan fingerprint density at radius 2 is 1.76 bits per heavy atom. The van der Waals surface area contributed by atoms with Gasteiger partial charge in [-0.1, -0.05) is 53.9 Å². The van der Waals surface area contributed by atoms with E-state index in [1.807, 2.05) is 0 Å². The molecule has 0 amide bonds. The van der Waals surface area contributed by atoms with E-state index in [0.29, 0.717) is 22.9 Å². The van der Waals surface area contributed by atoms with E-state index in [1.165, 1.54) is 57.8 Å². The Hall–Kier alpha value is -0.0800. The molecule has 0 radical (unpaired) electrons. The summed E-state index contributed by atoms with van der Waals surface area (Å²) in [6, 6.07) is 0. The largest absolute Gasteiger partial charge is 0.390 e. The normalized spacial score (nSPS) is 54.3. The van der Waals surface area contributed by atoms with Crippen molar-refractivity contribution >= 4 is 0 Å². The van der Waals surface area contributed by atoms with Gasteiger partial charge in [-0.2, -0.15) is 0 Å². The number of hydrogen-bond acceptors (Lipinski definition) is 2. The van der Waals surface area contributed by atoms with Crippen molar-refractivity contribution < 1.29 is 9.84 Å². The lowest BCUT2D eigenvalue weighted by Gasteiger charge is -2.60. The Morgan fingerprint density at radius 3 is 2.52 bits per heavy atom. The molecule has 2 heteroatoms. The van der Waals surface area contributed by atoms with Crippen molar-refractivity contribution in [3.8, 4) is 0 Å². The number of rotatable bonds is 5. The molecule has 5 aliphatic rings. The topological polar surface area (TPSA) is 32.8 Å². The highest BCUT2D eigenvalue weighted by Gasteiger charge is 2.69. The summed E-state index contributed by atoms with van der Waals surface area (Å²) in [5.41, 5.74) is 0.925. The van der Waals surface area contributed by atoms with Crippen LogP contribution in [0, 0.1) is 52.3 Å². The lowest BCUT2D eigenvalue weighted by molar-refractivity contribution is -0.122. The van der Waals surface area contributed by atoms with Gasteiger partial charge in [0.2, 0.25) is 0 Å². The first-order chi connectivity index (χ1) is 13.8. The van der Waals surface area contributed by atoms with E-state index >= 15 is 0 Å². The van der Waals surface area contributed by atoms with Crippen LogP contribution in [0.25, 0.3) is 0 Å². The maximum atomic E-state index is 10.4. The van der Waals surface area contributed by atoms with Crippen LogP contribution < -0.4 is 0 Å². The van der Waals surface area contributed by atoms with Gasteiger partial charge in [0.25, 0.3) is 0 Å². The number of aliphatic hydroxyl groups excluding tert-OH is 1. The second-order valence-corrected chi connectivity index (χ2v) is 12.9. The molecule has 1 heterocycles. The molecule has 1 saturated heterocycles. The summed E-state index contributed by atoms with van der Waals surface area (Å²) in [5, 5.41) is 10.4. The predicted octanol–water partition coefficient (Wildman–Crippen LogP) is 6.46. The second kappa shape index (κ2) is 7.22.